The lowest BCUT2D eigenvalue weighted by molar-refractivity contribution is 0.0996. The third-order valence-electron chi connectivity index (χ3n) is 2.64. The summed E-state index contributed by atoms with van der Waals surface area (Å²) in [4.78, 5) is 12.8. The summed E-state index contributed by atoms with van der Waals surface area (Å²) in [6.07, 6.45) is 1.09. The van der Waals surface area contributed by atoms with Crippen molar-refractivity contribution in [3.63, 3.8) is 0 Å². The zero-order chi connectivity index (χ0) is 13.0. The quantitative estimate of drug-likeness (QED) is 0.777. The van der Waals surface area contributed by atoms with Gasteiger partial charge >= 0.3 is 0 Å². The Balaban J connectivity index is 2.16. The minimum atomic E-state index is 0.0649. The maximum absolute atomic E-state index is 12.1. The zero-order valence-electron chi connectivity index (χ0n) is 10.3. The van der Waals surface area contributed by atoms with E-state index < -0.39 is 0 Å². The third-order valence-corrected chi connectivity index (χ3v) is 3.45. The molecule has 0 atom stereocenters. The molecule has 0 unspecified atom stereocenters. The van der Waals surface area contributed by atoms with Crippen molar-refractivity contribution in [1.82, 2.24) is 9.59 Å². The smallest absolute Gasteiger partial charge is 0.180 e. The average molecular weight is 262 g/mol. The molecule has 2 rings (SSSR count). The number of hydrogen-bond donors (Lipinski definition) is 0. The number of aromatic nitrogens is 2. The molecule has 0 saturated carbocycles. The maximum Gasteiger partial charge on any atom is 0.180 e. The zero-order valence-corrected chi connectivity index (χ0v) is 11.2. The lowest BCUT2D eigenvalue weighted by Gasteiger charge is -2.03. The van der Waals surface area contributed by atoms with Gasteiger partial charge in [0.15, 0.2) is 5.78 Å². The van der Waals surface area contributed by atoms with Crippen molar-refractivity contribution < 1.29 is 9.53 Å². The molecule has 5 heteroatoms. The average Bonchev–Trinajstić information content (AvgIpc) is 2.87. The van der Waals surface area contributed by atoms with Crippen LogP contribution in [-0.4, -0.2) is 22.5 Å². The van der Waals surface area contributed by atoms with Crippen LogP contribution in [-0.2, 0) is 12.8 Å². The Labute approximate surface area is 110 Å². The van der Waals surface area contributed by atoms with E-state index in [1.807, 2.05) is 31.2 Å². The monoisotopic (exact) mass is 262 g/mol. The summed E-state index contributed by atoms with van der Waals surface area (Å²) in [6, 6.07) is 7.53. The topological polar surface area (TPSA) is 52.1 Å². The number of benzene rings is 1. The molecule has 18 heavy (non-hydrogen) atoms. The summed E-state index contributed by atoms with van der Waals surface area (Å²) in [5.74, 6) is 0.827. The van der Waals surface area contributed by atoms with Gasteiger partial charge in [-0.3, -0.25) is 4.79 Å². The van der Waals surface area contributed by atoms with Crippen LogP contribution >= 0.6 is 11.5 Å². The Morgan fingerprint density at radius 1 is 1.44 bits per heavy atom. The van der Waals surface area contributed by atoms with Gasteiger partial charge in [0.05, 0.1) is 12.8 Å². The molecule has 0 aliphatic heterocycles. The Bertz CT molecular complexity index is 551. The first kappa shape index (κ1) is 12.7. The van der Waals surface area contributed by atoms with Crippen molar-refractivity contribution in [2.24, 2.45) is 0 Å². The van der Waals surface area contributed by atoms with Crippen LogP contribution in [0.1, 0.15) is 27.9 Å². The van der Waals surface area contributed by atoms with E-state index in [0.29, 0.717) is 11.3 Å². The Morgan fingerprint density at radius 2 is 2.28 bits per heavy atom. The number of Topliss-reactive ketones (excluding diaryl/α,β-unsaturated/α-hetero) is 1. The van der Waals surface area contributed by atoms with E-state index in [1.165, 1.54) is 11.5 Å². The summed E-state index contributed by atoms with van der Waals surface area (Å²) in [5.41, 5.74) is 1.72. The number of ether oxygens (including phenoxy) is 1. The van der Waals surface area contributed by atoms with Gasteiger partial charge in [-0.1, -0.05) is 23.5 Å². The molecule has 0 aliphatic rings. The van der Waals surface area contributed by atoms with E-state index in [-0.39, 0.29) is 5.78 Å². The van der Waals surface area contributed by atoms with Gasteiger partial charge in [-0.15, -0.1) is 5.10 Å². The van der Waals surface area contributed by atoms with E-state index in [1.54, 1.807) is 7.11 Å². The molecular weight excluding hydrogens is 248 g/mol. The predicted octanol–water partition coefficient (Wildman–Crippen LogP) is 2.53. The minimum Gasteiger partial charge on any atom is -0.497 e. The normalized spacial score (nSPS) is 10.3. The van der Waals surface area contributed by atoms with Gasteiger partial charge in [0.1, 0.15) is 10.6 Å². The summed E-state index contributed by atoms with van der Waals surface area (Å²) in [5, 5.41) is 3.95. The number of nitrogens with zero attached hydrogens (tertiary/aromatic N) is 2. The molecule has 0 aliphatic carbocycles. The van der Waals surface area contributed by atoms with Crippen LogP contribution < -0.4 is 4.74 Å². The molecule has 0 radical (unpaired) electrons. The molecule has 0 amide bonds. The van der Waals surface area contributed by atoms with Crippen molar-refractivity contribution in [2.45, 2.75) is 19.8 Å². The minimum absolute atomic E-state index is 0.0649. The Morgan fingerprint density at radius 3 is 3.00 bits per heavy atom. The Kier molecular flexibility index (Phi) is 4.04. The fraction of sp³-hybridized carbons (Fsp3) is 0.308. The summed E-state index contributed by atoms with van der Waals surface area (Å²) < 4.78 is 8.97. The van der Waals surface area contributed by atoms with E-state index in [9.17, 15) is 4.79 Å². The van der Waals surface area contributed by atoms with E-state index in [2.05, 4.69) is 9.59 Å². The second-order valence-electron chi connectivity index (χ2n) is 3.85. The highest BCUT2D eigenvalue weighted by Crippen LogP contribution is 2.17. The van der Waals surface area contributed by atoms with Crippen molar-refractivity contribution in [3.8, 4) is 5.75 Å². The number of carbonyl (C=O) groups excluding carboxylic acids is 1. The first-order valence-electron chi connectivity index (χ1n) is 5.72. The second kappa shape index (κ2) is 5.73. The molecule has 0 N–H and O–H groups in total. The molecule has 0 bridgehead atoms. The summed E-state index contributed by atoms with van der Waals surface area (Å²) in [6.45, 7) is 1.97. The van der Waals surface area contributed by atoms with Crippen LogP contribution in [0.25, 0.3) is 0 Å². The van der Waals surface area contributed by atoms with Crippen LogP contribution in [0.4, 0.5) is 0 Å². The van der Waals surface area contributed by atoms with Gasteiger partial charge in [0, 0.05) is 6.42 Å². The van der Waals surface area contributed by atoms with Crippen molar-refractivity contribution in [3.05, 3.63) is 40.4 Å². The summed E-state index contributed by atoms with van der Waals surface area (Å²) >= 11 is 1.17. The SMILES string of the molecule is CCc1nnsc1C(=O)Cc1cccc(OC)c1. The Hall–Kier alpha value is -1.75. The van der Waals surface area contributed by atoms with Crippen molar-refractivity contribution in [2.75, 3.05) is 7.11 Å². The fourth-order valence-electron chi connectivity index (χ4n) is 1.70. The standard InChI is InChI=1S/C13H14N2O2S/c1-3-11-13(18-15-14-11)12(16)8-9-5-4-6-10(7-9)17-2/h4-7H,3,8H2,1-2H3. The van der Waals surface area contributed by atoms with Gasteiger partial charge in [-0.05, 0) is 35.6 Å². The molecule has 2 aromatic rings. The first-order chi connectivity index (χ1) is 8.74. The molecular formula is C13H14N2O2S. The summed E-state index contributed by atoms with van der Waals surface area (Å²) in [7, 11) is 1.61. The number of rotatable bonds is 5. The van der Waals surface area contributed by atoms with Gasteiger partial charge in [0.2, 0.25) is 0 Å². The molecule has 0 saturated heterocycles. The number of carbonyl (C=O) groups is 1. The van der Waals surface area contributed by atoms with Crippen molar-refractivity contribution >= 4 is 17.3 Å². The third kappa shape index (κ3) is 2.73. The lowest BCUT2D eigenvalue weighted by atomic mass is 10.1. The highest BCUT2D eigenvalue weighted by Gasteiger charge is 2.15. The van der Waals surface area contributed by atoms with Gasteiger partial charge in [0.25, 0.3) is 0 Å². The maximum atomic E-state index is 12.1. The van der Waals surface area contributed by atoms with E-state index >= 15 is 0 Å². The number of aryl methyl sites for hydroxylation is 1. The molecule has 1 heterocycles. The largest absolute Gasteiger partial charge is 0.497 e. The number of methoxy groups -OCH3 is 1. The molecule has 0 fully saturated rings. The molecule has 1 aromatic carbocycles. The van der Waals surface area contributed by atoms with Gasteiger partial charge < -0.3 is 4.74 Å². The molecule has 0 spiro atoms. The van der Waals surface area contributed by atoms with E-state index in [4.69, 9.17) is 4.74 Å². The molecule has 94 valence electrons. The highest BCUT2D eigenvalue weighted by molar-refractivity contribution is 7.08. The van der Waals surface area contributed by atoms with Crippen LogP contribution in [0.2, 0.25) is 0 Å². The van der Waals surface area contributed by atoms with E-state index in [0.717, 1.165) is 23.4 Å². The van der Waals surface area contributed by atoms with Gasteiger partial charge in [-0.2, -0.15) is 0 Å². The molecule has 4 nitrogen and oxygen atoms in total. The number of ketones is 1. The lowest BCUT2D eigenvalue weighted by Crippen LogP contribution is -2.04. The number of hydrogen-bond acceptors (Lipinski definition) is 5. The fourth-order valence-corrected chi connectivity index (χ4v) is 2.39. The van der Waals surface area contributed by atoms with Crippen LogP contribution in [0.5, 0.6) is 5.75 Å². The highest BCUT2D eigenvalue weighted by atomic mass is 32.1. The molecule has 1 aromatic heterocycles. The second-order valence-corrected chi connectivity index (χ2v) is 4.61. The van der Waals surface area contributed by atoms with Crippen LogP contribution in [0.3, 0.4) is 0 Å². The van der Waals surface area contributed by atoms with Crippen LogP contribution in [0.15, 0.2) is 24.3 Å². The first-order valence-corrected chi connectivity index (χ1v) is 6.49. The van der Waals surface area contributed by atoms with Crippen LogP contribution in [0, 0.1) is 0 Å². The van der Waals surface area contributed by atoms with Crippen molar-refractivity contribution in [1.29, 1.82) is 0 Å². The van der Waals surface area contributed by atoms with Gasteiger partial charge in [-0.25, -0.2) is 0 Å². The predicted molar refractivity (Wildman–Crippen MR) is 70.3 cm³/mol.